The molecule has 0 fully saturated rings. The quantitative estimate of drug-likeness (QED) is 0.516. The minimum absolute atomic E-state index is 0.252. The zero-order valence-corrected chi connectivity index (χ0v) is 9.32. The Labute approximate surface area is 94.6 Å². The highest BCUT2D eigenvalue weighted by Gasteiger charge is 2.37. The van der Waals surface area contributed by atoms with Gasteiger partial charge in [0.05, 0.1) is 18.0 Å². The molecule has 0 aromatic heterocycles. The predicted octanol–water partition coefficient (Wildman–Crippen LogP) is 0.582. The van der Waals surface area contributed by atoms with Crippen molar-refractivity contribution in [2.24, 2.45) is 5.41 Å². The van der Waals surface area contributed by atoms with Crippen LogP contribution < -0.4 is 5.11 Å². The van der Waals surface area contributed by atoms with Crippen LogP contribution in [-0.2, 0) is 14.3 Å². The van der Waals surface area contributed by atoms with Crippen LogP contribution in [0.4, 0.5) is 0 Å². The van der Waals surface area contributed by atoms with Crippen LogP contribution in [0.1, 0.15) is 26.2 Å². The lowest BCUT2D eigenvalue weighted by Gasteiger charge is -2.31. The normalized spacial score (nSPS) is 24.4. The van der Waals surface area contributed by atoms with E-state index in [1.807, 2.05) is 0 Å². The van der Waals surface area contributed by atoms with Crippen molar-refractivity contribution in [1.82, 2.24) is 0 Å². The molecule has 0 heterocycles. The van der Waals surface area contributed by atoms with E-state index < -0.39 is 11.4 Å². The van der Waals surface area contributed by atoms with Gasteiger partial charge in [-0.3, -0.25) is 4.79 Å². The van der Waals surface area contributed by atoms with Crippen LogP contribution >= 0.6 is 0 Å². The molecule has 88 valence electrons. The second-order valence-corrected chi connectivity index (χ2v) is 3.80. The Hall–Kier alpha value is -1.58. The molecule has 1 aliphatic rings. The van der Waals surface area contributed by atoms with Crippen LogP contribution in [-0.4, -0.2) is 18.5 Å². The number of allylic oxidation sites excluding steroid dienone is 1. The van der Waals surface area contributed by atoms with Gasteiger partial charge in [0.15, 0.2) is 0 Å². The van der Waals surface area contributed by atoms with Gasteiger partial charge in [-0.15, -0.1) is 6.58 Å². The second kappa shape index (κ2) is 4.96. The van der Waals surface area contributed by atoms with Crippen molar-refractivity contribution < 1.29 is 19.4 Å². The molecule has 0 saturated carbocycles. The molecule has 4 nitrogen and oxygen atoms in total. The highest BCUT2D eigenvalue weighted by molar-refractivity contribution is 5.86. The maximum absolute atomic E-state index is 11.7. The van der Waals surface area contributed by atoms with Gasteiger partial charge in [-0.2, -0.15) is 0 Å². The third kappa shape index (κ3) is 2.32. The average molecular weight is 223 g/mol. The van der Waals surface area contributed by atoms with Gasteiger partial charge in [-0.25, -0.2) is 0 Å². The van der Waals surface area contributed by atoms with Crippen LogP contribution in [0.25, 0.3) is 0 Å². The molecule has 0 aromatic carbocycles. The molecule has 1 atom stereocenters. The Kier molecular flexibility index (Phi) is 3.88. The number of carbonyl (C=O) groups is 2. The molecule has 0 bridgehead atoms. The smallest absolute Gasteiger partial charge is 0.316 e. The maximum atomic E-state index is 11.7. The third-order valence-corrected chi connectivity index (χ3v) is 2.89. The van der Waals surface area contributed by atoms with Gasteiger partial charge in [0, 0.05) is 0 Å². The molecule has 0 amide bonds. The zero-order valence-electron chi connectivity index (χ0n) is 9.32. The minimum atomic E-state index is -1.17. The Bertz CT molecular complexity index is 343. The minimum Gasteiger partial charge on any atom is -0.545 e. The number of esters is 1. The number of carboxylic acids is 1. The van der Waals surface area contributed by atoms with Gasteiger partial charge in [-0.1, -0.05) is 12.2 Å². The Balaban J connectivity index is 2.83. The Morgan fingerprint density at radius 1 is 1.69 bits per heavy atom. The van der Waals surface area contributed by atoms with E-state index in [0.717, 1.165) is 0 Å². The molecular formula is C12H15O4-. The molecule has 0 aliphatic heterocycles. The number of ether oxygens (including phenoxy) is 1. The number of carboxylic acid groups (broad SMARTS) is 1. The summed E-state index contributed by atoms with van der Waals surface area (Å²) in [6.07, 6.45) is 4.12. The van der Waals surface area contributed by atoms with Gasteiger partial charge in [0.25, 0.3) is 0 Å². The van der Waals surface area contributed by atoms with Gasteiger partial charge in [-0.05, 0) is 31.8 Å². The molecule has 0 aromatic rings. The summed E-state index contributed by atoms with van der Waals surface area (Å²) < 4.78 is 4.97. The molecule has 1 unspecified atom stereocenters. The van der Waals surface area contributed by atoms with E-state index in [9.17, 15) is 14.7 Å². The molecule has 1 rings (SSSR count). The molecule has 1 aliphatic carbocycles. The molecule has 0 saturated heterocycles. The van der Waals surface area contributed by atoms with Crippen molar-refractivity contribution in [2.75, 3.05) is 6.61 Å². The van der Waals surface area contributed by atoms with Crippen molar-refractivity contribution >= 4 is 11.9 Å². The first kappa shape index (κ1) is 12.5. The monoisotopic (exact) mass is 223 g/mol. The van der Waals surface area contributed by atoms with E-state index in [2.05, 4.69) is 6.58 Å². The van der Waals surface area contributed by atoms with Gasteiger partial charge < -0.3 is 14.6 Å². The predicted molar refractivity (Wildman–Crippen MR) is 56.2 cm³/mol. The molecule has 0 spiro atoms. The average Bonchev–Trinajstić information content (AvgIpc) is 2.29. The van der Waals surface area contributed by atoms with Crippen molar-refractivity contribution in [1.29, 1.82) is 0 Å². The number of aliphatic carboxylic acids is 1. The lowest BCUT2D eigenvalue weighted by Crippen LogP contribution is -2.35. The van der Waals surface area contributed by atoms with E-state index in [4.69, 9.17) is 4.74 Å². The highest BCUT2D eigenvalue weighted by Crippen LogP contribution is 2.37. The summed E-state index contributed by atoms with van der Waals surface area (Å²) in [6, 6.07) is 0. The Morgan fingerprint density at radius 3 is 2.75 bits per heavy atom. The summed E-state index contributed by atoms with van der Waals surface area (Å²) in [5, 5.41) is 10.6. The number of hydrogen-bond acceptors (Lipinski definition) is 4. The molecule has 4 heteroatoms. The fourth-order valence-corrected chi connectivity index (χ4v) is 1.78. The summed E-state index contributed by atoms with van der Waals surface area (Å²) >= 11 is 0. The number of carbonyl (C=O) groups excluding carboxylic acids is 2. The van der Waals surface area contributed by atoms with Gasteiger partial charge in [0.1, 0.15) is 0 Å². The van der Waals surface area contributed by atoms with Crippen LogP contribution in [0.2, 0.25) is 0 Å². The maximum Gasteiger partial charge on any atom is 0.316 e. The number of hydrogen-bond donors (Lipinski definition) is 0. The van der Waals surface area contributed by atoms with Crippen molar-refractivity contribution in [3.63, 3.8) is 0 Å². The van der Waals surface area contributed by atoms with Crippen molar-refractivity contribution in [3.8, 4) is 0 Å². The van der Waals surface area contributed by atoms with Gasteiger partial charge >= 0.3 is 5.97 Å². The molecule has 0 radical (unpaired) electrons. The summed E-state index contributed by atoms with van der Waals surface area (Å²) in [5.41, 5.74) is -0.517. The van der Waals surface area contributed by atoms with Crippen LogP contribution in [0.5, 0.6) is 0 Å². The summed E-state index contributed by atoms with van der Waals surface area (Å²) in [7, 11) is 0. The first-order valence-corrected chi connectivity index (χ1v) is 5.27. The van der Waals surface area contributed by atoms with E-state index in [1.165, 1.54) is 6.08 Å². The molecular weight excluding hydrogens is 208 g/mol. The van der Waals surface area contributed by atoms with Gasteiger partial charge in [0.2, 0.25) is 0 Å². The second-order valence-electron chi connectivity index (χ2n) is 3.80. The SMILES string of the molecule is C=CC1(C(=O)OCC)CC=C(C(=O)[O-])CC1. The van der Waals surface area contributed by atoms with Crippen molar-refractivity contribution in [3.05, 3.63) is 24.3 Å². The standard InChI is InChI=1S/C12H16O4/c1-3-12(11(15)16-4-2)7-5-9(6-8-12)10(13)14/h3,5H,1,4,6-8H2,2H3,(H,13,14)/p-1. The number of rotatable bonds is 4. The fraction of sp³-hybridized carbons (Fsp3) is 0.500. The highest BCUT2D eigenvalue weighted by atomic mass is 16.5. The largest absolute Gasteiger partial charge is 0.545 e. The summed E-state index contributed by atoms with van der Waals surface area (Å²) in [5.74, 6) is -1.50. The first-order chi connectivity index (χ1) is 7.55. The fourth-order valence-electron chi connectivity index (χ4n) is 1.78. The van der Waals surface area contributed by atoms with E-state index in [0.29, 0.717) is 25.9 Å². The molecule has 16 heavy (non-hydrogen) atoms. The summed E-state index contributed by atoms with van der Waals surface area (Å²) in [4.78, 5) is 22.4. The van der Waals surface area contributed by atoms with Crippen molar-refractivity contribution in [2.45, 2.75) is 26.2 Å². The zero-order chi connectivity index (χ0) is 12.2. The van der Waals surface area contributed by atoms with Crippen LogP contribution in [0.15, 0.2) is 24.3 Å². The lowest BCUT2D eigenvalue weighted by molar-refractivity contribution is -0.299. The Morgan fingerprint density at radius 2 is 2.38 bits per heavy atom. The summed E-state index contributed by atoms with van der Waals surface area (Å²) in [6.45, 7) is 5.68. The topological polar surface area (TPSA) is 66.4 Å². The third-order valence-electron chi connectivity index (χ3n) is 2.89. The van der Waals surface area contributed by atoms with E-state index >= 15 is 0 Å². The lowest BCUT2D eigenvalue weighted by atomic mass is 9.75. The van der Waals surface area contributed by atoms with Crippen LogP contribution in [0, 0.1) is 5.41 Å². The molecule has 0 N–H and O–H groups in total. The van der Waals surface area contributed by atoms with Crippen LogP contribution in [0.3, 0.4) is 0 Å². The van der Waals surface area contributed by atoms with E-state index in [-0.39, 0.29) is 11.5 Å². The first-order valence-electron chi connectivity index (χ1n) is 5.27. The van der Waals surface area contributed by atoms with E-state index in [1.54, 1.807) is 13.0 Å².